The van der Waals surface area contributed by atoms with Crippen LogP contribution in [0.15, 0.2) is 0 Å². The van der Waals surface area contributed by atoms with Gasteiger partial charge >= 0.3 is 0 Å². The van der Waals surface area contributed by atoms with Gasteiger partial charge in [-0.1, -0.05) is 0 Å². The van der Waals surface area contributed by atoms with Crippen molar-refractivity contribution < 1.29 is 19.1 Å². The molecule has 0 aliphatic carbocycles. The average Bonchev–Trinajstić information content (AvgIpc) is 2.50. The lowest BCUT2D eigenvalue weighted by molar-refractivity contribution is -0.139. The van der Waals surface area contributed by atoms with Crippen LogP contribution in [0.1, 0.15) is 0 Å². The lowest BCUT2D eigenvalue weighted by atomic mass is 9.91. The molecular weight excluding hydrogens is 276 g/mol. The van der Waals surface area contributed by atoms with Gasteiger partial charge in [-0.15, -0.1) is 0 Å². The standard InChI is InChI=1S/C13H24N4O4/c1-21-11-17-7-6-15-3-2-14-4-5-16-12(8-18)13(17,9-19)10-20/h8-10,12,14-16H,2-7,11H2,1H3. The van der Waals surface area contributed by atoms with Crippen molar-refractivity contribution in [3.63, 3.8) is 0 Å². The Morgan fingerprint density at radius 2 is 1.71 bits per heavy atom. The third kappa shape index (κ3) is 4.65. The molecule has 1 heterocycles. The van der Waals surface area contributed by atoms with Gasteiger partial charge in [0.25, 0.3) is 0 Å². The topological polar surface area (TPSA) is 99.8 Å². The molecule has 1 saturated heterocycles. The molecule has 8 nitrogen and oxygen atoms in total. The van der Waals surface area contributed by atoms with Crippen LogP contribution in [-0.2, 0) is 19.1 Å². The summed E-state index contributed by atoms with van der Waals surface area (Å²) in [6, 6.07) is -0.913. The first-order valence-corrected chi connectivity index (χ1v) is 7.02. The minimum atomic E-state index is -1.56. The maximum absolute atomic E-state index is 11.6. The van der Waals surface area contributed by atoms with Gasteiger partial charge in [0.2, 0.25) is 0 Å². The number of carbonyl (C=O) groups is 3. The van der Waals surface area contributed by atoms with Crippen LogP contribution < -0.4 is 16.0 Å². The molecule has 0 spiro atoms. The summed E-state index contributed by atoms with van der Waals surface area (Å²) >= 11 is 0. The molecule has 1 rings (SSSR count). The van der Waals surface area contributed by atoms with E-state index in [0.29, 0.717) is 45.0 Å². The highest BCUT2D eigenvalue weighted by Crippen LogP contribution is 2.15. The molecule has 3 N–H and O–H groups in total. The number of nitrogens with one attached hydrogen (secondary N) is 3. The molecule has 120 valence electrons. The number of carbonyl (C=O) groups excluding carboxylic acids is 3. The van der Waals surface area contributed by atoms with Gasteiger partial charge in [0, 0.05) is 46.4 Å². The van der Waals surface area contributed by atoms with Gasteiger partial charge in [-0.25, -0.2) is 0 Å². The minimum Gasteiger partial charge on any atom is -0.369 e. The summed E-state index contributed by atoms with van der Waals surface area (Å²) in [5.74, 6) is 0. The lowest BCUT2D eigenvalue weighted by Gasteiger charge is -2.39. The smallest absolute Gasteiger partial charge is 0.157 e. The van der Waals surface area contributed by atoms with Crippen LogP contribution in [0.4, 0.5) is 0 Å². The zero-order chi connectivity index (χ0) is 15.6. The highest BCUT2D eigenvalue weighted by molar-refractivity contribution is 5.95. The van der Waals surface area contributed by atoms with Gasteiger partial charge in [0.1, 0.15) is 18.9 Å². The summed E-state index contributed by atoms with van der Waals surface area (Å²) < 4.78 is 5.08. The molecule has 0 saturated carbocycles. The fourth-order valence-electron chi connectivity index (χ4n) is 2.32. The van der Waals surface area contributed by atoms with E-state index in [9.17, 15) is 14.4 Å². The Kier molecular flexibility index (Phi) is 8.24. The molecule has 0 amide bonds. The fraction of sp³-hybridized carbons (Fsp3) is 0.769. The molecule has 8 heteroatoms. The van der Waals surface area contributed by atoms with Gasteiger partial charge in [-0.2, -0.15) is 0 Å². The first-order valence-electron chi connectivity index (χ1n) is 7.02. The maximum Gasteiger partial charge on any atom is 0.157 e. The molecule has 0 radical (unpaired) electrons. The zero-order valence-electron chi connectivity index (χ0n) is 12.3. The van der Waals surface area contributed by atoms with Crippen molar-refractivity contribution in [2.75, 3.05) is 53.1 Å². The Hall–Kier alpha value is -1.19. The molecule has 0 aromatic heterocycles. The highest BCUT2D eigenvalue weighted by Gasteiger charge is 2.44. The van der Waals surface area contributed by atoms with Crippen LogP contribution in [0.25, 0.3) is 0 Å². The van der Waals surface area contributed by atoms with Crippen LogP contribution >= 0.6 is 0 Å². The van der Waals surface area contributed by atoms with Crippen molar-refractivity contribution in [2.45, 2.75) is 11.6 Å². The summed E-state index contributed by atoms with van der Waals surface area (Å²) in [6.07, 6.45) is 1.64. The minimum absolute atomic E-state index is 0.0867. The number of ether oxygens (including phenoxy) is 1. The summed E-state index contributed by atoms with van der Waals surface area (Å²) in [5.41, 5.74) is -1.56. The van der Waals surface area contributed by atoms with Crippen LogP contribution in [0.3, 0.4) is 0 Å². The number of nitrogens with zero attached hydrogens (tertiary/aromatic N) is 1. The second-order valence-electron chi connectivity index (χ2n) is 4.87. The number of hydrogen-bond donors (Lipinski definition) is 3. The van der Waals surface area contributed by atoms with Crippen molar-refractivity contribution in [2.24, 2.45) is 0 Å². The quantitative estimate of drug-likeness (QED) is 0.375. The van der Waals surface area contributed by atoms with Gasteiger partial charge < -0.3 is 35.1 Å². The second kappa shape index (κ2) is 9.69. The van der Waals surface area contributed by atoms with Crippen LogP contribution in [0, 0.1) is 0 Å². The van der Waals surface area contributed by atoms with E-state index in [2.05, 4.69) is 16.0 Å². The number of aldehydes is 3. The highest BCUT2D eigenvalue weighted by atomic mass is 16.5. The Balaban J connectivity index is 3.01. The predicted octanol–water partition coefficient (Wildman–Crippen LogP) is -2.62. The first-order chi connectivity index (χ1) is 10.2. The van der Waals surface area contributed by atoms with Crippen molar-refractivity contribution in [3.8, 4) is 0 Å². The average molecular weight is 300 g/mol. The largest absolute Gasteiger partial charge is 0.369 e. The van der Waals surface area contributed by atoms with Crippen molar-refractivity contribution >= 4 is 18.9 Å². The summed E-state index contributed by atoms with van der Waals surface area (Å²) in [4.78, 5) is 36.2. The van der Waals surface area contributed by atoms with E-state index in [0.717, 1.165) is 13.1 Å². The third-order valence-corrected chi connectivity index (χ3v) is 3.55. The molecule has 1 aliphatic rings. The van der Waals surface area contributed by atoms with Gasteiger partial charge in [0.05, 0.1) is 12.8 Å². The normalized spacial score (nSPS) is 25.3. The zero-order valence-corrected chi connectivity index (χ0v) is 12.3. The maximum atomic E-state index is 11.6. The lowest BCUT2D eigenvalue weighted by Crippen LogP contribution is -2.66. The molecule has 1 atom stereocenters. The fourth-order valence-corrected chi connectivity index (χ4v) is 2.32. The van der Waals surface area contributed by atoms with E-state index >= 15 is 0 Å². The van der Waals surface area contributed by atoms with Gasteiger partial charge in [-0.3, -0.25) is 4.90 Å². The van der Waals surface area contributed by atoms with E-state index in [1.54, 1.807) is 4.90 Å². The summed E-state index contributed by atoms with van der Waals surface area (Å²) in [5, 5.41) is 9.36. The molecular formula is C13H24N4O4. The molecule has 1 fully saturated rings. The van der Waals surface area contributed by atoms with Crippen molar-refractivity contribution in [3.05, 3.63) is 0 Å². The Labute approximate surface area is 124 Å². The van der Waals surface area contributed by atoms with Crippen LogP contribution in [0.2, 0.25) is 0 Å². The Bertz CT molecular complexity index is 332. The van der Waals surface area contributed by atoms with E-state index in [4.69, 9.17) is 4.74 Å². The van der Waals surface area contributed by atoms with E-state index in [1.165, 1.54) is 7.11 Å². The first kappa shape index (κ1) is 17.9. The predicted molar refractivity (Wildman–Crippen MR) is 77.0 cm³/mol. The molecule has 1 aliphatic heterocycles. The number of methoxy groups -OCH3 is 1. The SMILES string of the molecule is COCN1CCNCCNCCNC(C=O)C1(C=O)C=O. The molecule has 21 heavy (non-hydrogen) atoms. The summed E-state index contributed by atoms with van der Waals surface area (Å²) in [7, 11) is 1.48. The van der Waals surface area contributed by atoms with Crippen molar-refractivity contribution in [1.29, 1.82) is 0 Å². The molecule has 0 aromatic rings. The third-order valence-electron chi connectivity index (χ3n) is 3.55. The molecule has 0 aromatic carbocycles. The Morgan fingerprint density at radius 3 is 2.29 bits per heavy atom. The van der Waals surface area contributed by atoms with Gasteiger partial charge in [-0.05, 0) is 0 Å². The summed E-state index contributed by atoms with van der Waals surface area (Å²) in [6.45, 7) is 3.80. The van der Waals surface area contributed by atoms with E-state index in [-0.39, 0.29) is 6.73 Å². The van der Waals surface area contributed by atoms with E-state index < -0.39 is 11.6 Å². The van der Waals surface area contributed by atoms with Crippen LogP contribution in [-0.4, -0.2) is 88.4 Å². The number of hydrogen-bond acceptors (Lipinski definition) is 8. The van der Waals surface area contributed by atoms with Crippen LogP contribution in [0.5, 0.6) is 0 Å². The Morgan fingerprint density at radius 1 is 1.10 bits per heavy atom. The van der Waals surface area contributed by atoms with E-state index in [1.807, 2.05) is 0 Å². The monoisotopic (exact) mass is 300 g/mol. The van der Waals surface area contributed by atoms with Crippen molar-refractivity contribution in [1.82, 2.24) is 20.9 Å². The number of rotatable bonds is 5. The van der Waals surface area contributed by atoms with Gasteiger partial charge in [0.15, 0.2) is 5.54 Å². The second-order valence-corrected chi connectivity index (χ2v) is 4.87. The molecule has 1 unspecified atom stereocenters. The molecule has 0 bridgehead atoms.